The number of hydrogen-bond acceptors (Lipinski definition) is 5. The SMILES string of the molecule is CC(NC(=O)N[C@H](CO)C(=O)O)C(=O)N1CCOCC1. The average Bonchev–Trinajstić information content (AvgIpc) is 2.44. The molecular formula is C11H19N3O6. The van der Waals surface area contributed by atoms with Gasteiger partial charge in [-0.05, 0) is 6.92 Å². The predicted octanol–water partition coefficient (Wildman–Crippen LogP) is -2.02. The van der Waals surface area contributed by atoms with Crippen LogP contribution in [0.5, 0.6) is 0 Å². The van der Waals surface area contributed by atoms with Crippen molar-refractivity contribution in [2.75, 3.05) is 32.9 Å². The summed E-state index contributed by atoms with van der Waals surface area (Å²) < 4.78 is 5.12. The normalized spacial score (nSPS) is 18.0. The van der Waals surface area contributed by atoms with Crippen LogP contribution in [0.3, 0.4) is 0 Å². The zero-order chi connectivity index (χ0) is 15.1. The first-order chi connectivity index (χ1) is 9.45. The standard InChI is InChI=1S/C11H19N3O6/c1-7(9(16)14-2-4-20-5-3-14)12-11(19)13-8(6-15)10(17)18/h7-8,15H,2-6H2,1H3,(H,17,18)(H2,12,13,19)/t7?,8-/m1/s1. The van der Waals surface area contributed by atoms with Crippen LogP contribution < -0.4 is 10.6 Å². The van der Waals surface area contributed by atoms with Gasteiger partial charge in [-0.2, -0.15) is 0 Å². The summed E-state index contributed by atoms with van der Waals surface area (Å²) >= 11 is 0. The zero-order valence-corrected chi connectivity index (χ0v) is 11.2. The number of carboxylic acid groups (broad SMARTS) is 1. The fourth-order valence-electron chi connectivity index (χ4n) is 1.70. The molecule has 1 rings (SSSR count). The Balaban J connectivity index is 2.43. The summed E-state index contributed by atoms with van der Waals surface area (Å²) in [5, 5.41) is 21.9. The molecule has 1 heterocycles. The Kier molecular flexibility index (Phi) is 6.19. The van der Waals surface area contributed by atoms with Crippen molar-refractivity contribution in [3.05, 3.63) is 0 Å². The Morgan fingerprint density at radius 2 is 1.85 bits per heavy atom. The summed E-state index contributed by atoms with van der Waals surface area (Å²) in [5.74, 6) is -1.62. The van der Waals surface area contributed by atoms with E-state index in [4.69, 9.17) is 14.9 Å². The molecule has 0 radical (unpaired) electrons. The van der Waals surface area contributed by atoms with Crippen molar-refractivity contribution in [2.24, 2.45) is 0 Å². The number of rotatable bonds is 5. The molecule has 2 atom stereocenters. The lowest BCUT2D eigenvalue weighted by Gasteiger charge is -2.29. The number of carbonyl (C=O) groups excluding carboxylic acids is 2. The van der Waals surface area contributed by atoms with Crippen molar-refractivity contribution in [3.63, 3.8) is 0 Å². The van der Waals surface area contributed by atoms with Crippen molar-refractivity contribution in [1.82, 2.24) is 15.5 Å². The van der Waals surface area contributed by atoms with Gasteiger partial charge in [0.2, 0.25) is 5.91 Å². The lowest BCUT2D eigenvalue weighted by molar-refractivity contribution is -0.140. The number of urea groups is 1. The van der Waals surface area contributed by atoms with Crippen LogP contribution in [0.4, 0.5) is 4.79 Å². The third-order valence-electron chi connectivity index (χ3n) is 2.83. The highest BCUT2D eigenvalue weighted by atomic mass is 16.5. The molecule has 4 N–H and O–H groups in total. The maximum atomic E-state index is 12.0. The number of ether oxygens (including phenoxy) is 1. The minimum Gasteiger partial charge on any atom is -0.480 e. The van der Waals surface area contributed by atoms with Gasteiger partial charge in [-0.15, -0.1) is 0 Å². The van der Waals surface area contributed by atoms with E-state index in [1.54, 1.807) is 4.90 Å². The predicted molar refractivity (Wildman–Crippen MR) is 67.0 cm³/mol. The van der Waals surface area contributed by atoms with E-state index in [0.717, 1.165) is 0 Å². The Bertz CT molecular complexity index is 369. The van der Waals surface area contributed by atoms with Gasteiger partial charge in [0.25, 0.3) is 0 Å². The summed E-state index contributed by atoms with van der Waals surface area (Å²) in [6.07, 6.45) is 0. The number of aliphatic carboxylic acids is 1. The summed E-state index contributed by atoms with van der Waals surface area (Å²) in [4.78, 5) is 35.7. The van der Waals surface area contributed by atoms with Crippen molar-refractivity contribution in [3.8, 4) is 0 Å². The first-order valence-corrected chi connectivity index (χ1v) is 6.23. The molecule has 0 spiro atoms. The lowest BCUT2D eigenvalue weighted by atomic mass is 10.2. The summed E-state index contributed by atoms with van der Waals surface area (Å²) in [7, 11) is 0. The van der Waals surface area contributed by atoms with Crippen LogP contribution in [0, 0.1) is 0 Å². The topological polar surface area (TPSA) is 128 Å². The molecule has 0 aromatic rings. The van der Waals surface area contributed by atoms with Crippen LogP contribution in [0.15, 0.2) is 0 Å². The van der Waals surface area contributed by atoms with E-state index < -0.39 is 30.7 Å². The van der Waals surface area contributed by atoms with Crippen molar-refractivity contribution >= 4 is 17.9 Å². The van der Waals surface area contributed by atoms with E-state index in [9.17, 15) is 14.4 Å². The maximum Gasteiger partial charge on any atom is 0.328 e. The number of morpholine rings is 1. The van der Waals surface area contributed by atoms with Gasteiger partial charge in [0.15, 0.2) is 6.04 Å². The van der Waals surface area contributed by atoms with Gasteiger partial charge in [-0.3, -0.25) is 4.79 Å². The molecule has 9 heteroatoms. The minimum atomic E-state index is -1.40. The summed E-state index contributed by atoms with van der Waals surface area (Å²) in [6.45, 7) is 2.61. The maximum absolute atomic E-state index is 12.0. The molecule has 0 aliphatic carbocycles. The fraction of sp³-hybridized carbons (Fsp3) is 0.727. The second-order valence-electron chi connectivity index (χ2n) is 4.35. The second kappa shape index (κ2) is 7.65. The zero-order valence-electron chi connectivity index (χ0n) is 11.2. The number of carboxylic acids is 1. The van der Waals surface area contributed by atoms with Gasteiger partial charge in [0.1, 0.15) is 6.04 Å². The van der Waals surface area contributed by atoms with Crippen molar-refractivity contribution in [1.29, 1.82) is 0 Å². The Labute approximate surface area is 115 Å². The van der Waals surface area contributed by atoms with E-state index in [0.29, 0.717) is 26.3 Å². The van der Waals surface area contributed by atoms with E-state index in [2.05, 4.69) is 10.6 Å². The quantitative estimate of drug-likeness (QED) is 0.462. The monoisotopic (exact) mass is 289 g/mol. The Morgan fingerprint density at radius 3 is 2.35 bits per heavy atom. The third kappa shape index (κ3) is 4.67. The average molecular weight is 289 g/mol. The molecule has 1 saturated heterocycles. The molecular weight excluding hydrogens is 270 g/mol. The number of nitrogens with one attached hydrogen (secondary N) is 2. The number of carbonyl (C=O) groups is 3. The first kappa shape index (κ1) is 16.2. The third-order valence-corrected chi connectivity index (χ3v) is 2.83. The number of aliphatic hydroxyl groups is 1. The van der Waals surface area contributed by atoms with Crippen LogP contribution in [-0.2, 0) is 14.3 Å². The molecule has 1 unspecified atom stereocenters. The van der Waals surface area contributed by atoms with Crippen LogP contribution >= 0.6 is 0 Å². The van der Waals surface area contributed by atoms with Gasteiger partial charge in [-0.25, -0.2) is 9.59 Å². The number of amides is 3. The summed E-state index contributed by atoms with van der Waals surface area (Å²) in [5.41, 5.74) is 0. The molecule has 0 aromatic heterocycles. The van der Waals surface area contributed by atoms with Crippen molar-refractivity contribution < 1.29 is 29.3 Å². The van der Waals surface area contributed by atoms with Crippen molar-refractivity contribution in [2.45, 2.75) is 19.0 Å². The van der Waals surface area contributed by atoms with E-state index >= 15 is 0 Å². The Morgan fingerprint density at radius 1 is 1.25 bits per heavy atom. The van der Waals surface area contributed by atoms with Gasteiger partial charge in [0.05, 0.1) is 19.8 Å². The van der Waals surface area contributed by atoms with Gasteiger partial charge < -0.3 is 30.5 Å². The number of hydrogen-bond donors (Lipinski definition) is 4. The molecule has 1 aliphatic heterocycles. The number of nitrogens with zero attached hydrogens (tertiary/aromatic N) is 1. The van der Waals surface area contributed by atoms with E-state index in [1.807, 2.05) is 0 Å². The fourth-order valence-corrected chi connectivity index (χ4v) is 1.70. The molecule has 114 valence electrons. The molecule has 9 nitrogen and oxygen atoms in total. The highest BCUT2D eigenvalue weighted by Gasteiger charge is 2.25. The van der Waals surface area contributed by atoms with Crippen LogP contribution in [0.1, 0.15) is 6.92 Å². The Hall–Kier alpha value is -1.87. The molecule has 20 heavy (non-hydrogen) atoms. The highest BCUT2D eigenvalue weighted by molar-refractivity contribution is 5.88. The smallest absolute Gasteiger partial charge is 0.328 e. The lowest BCUT2D eigenvalue weighted by Crippen LogP contribution is -2.55. The molecule has 1 aliphatic rings. The minimum absolute atomic E-state index is 0.265. The molecule has 3 amide bonds. The second-order valence-corrected chi connectivity index (χ2v) is 4.35. The first-order valence-electron chi connectivity index (χ1n) is 6.23. The summed E-state index contributed by atoms with van der Waals surface area (Å²) in [6, 6.07) is -3.01. The largest absolute Gasteiger partial charge is 0.480 e. The van der Waals surface area contributed by atoms with E-state index in [-0.39, 0.29) is 5.91 Å². The van der Waals surface area contributed by atoms with Crippen LogP contribution in [-0.4, -0.2) is 78.0 Å². The van der Waals surface area contributed by atoms with Gasteiger partial charge in [0, 0.05) is 13.1 Å². The van der Waals surface area contributed by atoms with Crippen LogP contribution in [0.25, 0.3) is 0 Å². The van der Waals surface area contributed by atoms with Gasteiger partial charge >= 0.3 is 12.0 Å². The van der Waals surface area contributed by atoms with Gasteiger partial charge in [-0.1, -0.05) is 0 Å². The number of aliphatic hydroxyl groups excluding tert-OH is 1. The van der Waals surface area contributed by atoms with Crippen LogP contribution in [0.2, 0.25) is 0 Å². The molecule has 0 saturated carbocycles. The molecule has 1 fully saturated rings. The van der Waals surface area contributed by atoms with E-state index in [1.165, 1.54) is 6.92 Å². The molecule has 0 bridgehead atoms. The highest BCUT2D eigenvalue weighted by Crippen LogP contribution is 2.00. The molecule has 0 aromatic carbocycles.